The van der Waals surface area contributed by atoms with Crippen LogP contribution < -0.4 is 9.47 Å². The quantitative estimate of drug-likeness (QED) is 0.848. The van der Waals surface area contributed by atoms with Crippen molar-refractivity contribution in [2.24, 2.45) is 0 Å². The smallest absolute Gasteiger partial charge is 0.268 e. The summed E-state index contributed by atoms with van der Waals surface area (Å²) in [4.78, 5) is 11.8. The molecule has 1 aromatic heterocycles. The number of rotatable bonds is 3. The maximum atomic E-state index is 11.8. The van der Waals surface area contributed by atoms with Crippen LogP contribution in [0.2, 0.25) is 0 Å². The molecule has 0 fully saturated rings. The van der Waals surface area contributed by atoms with Crippen molar-refractivity contribution in [3.05, 3.63) is 48.3 Å². The normalized spacial score (nSPS) is 13.5. The summed E-state index contributed by atoms with van der Waals surface area (Å²) in [6.07, 6.45) is 5.45. The summed E-state index contributed by atoms with van der Waals surface area (Å²) >= 11 is 0. The number of benzene rings is 1. The summed E-state index contributed by atoms with van der Waals surface area (Å²) in [5.74, 6) is 1.55. The minimum atomic E-state index is -0.0843. The lowest BCUT2D eigenvalue weighted by molar-refractivity contribution is 0.0838. The number of ether oxygens (including phenoxy) is 2. The highest BCUT2D eigenvalue weighted by molar-refractivity contribution is 5.80. The summed E-state index contributed by atoms with van der Waals surface area (Å²) in [5.41, 5.74) is 1.15. The molecule has 4 nitrogen and oxygen atoms in total. The van der Waals surface area contributed by atoms with Crippen LogP contribution in [0, 0.1) is 0 Å². The molecule has 0 saturated carbocycles. The van der Waals surface area contributed by atoms with Gasteiger partial charge in [0, 0.05) is 12.4 Å². The first kappa shape index (κ1) is 11.8. The van der Waals surface area contributed by atoms with Gasteiger partial charge in [-0.3, -0.25) is 9.36 Å². The molecule has 0 unspecified atom stereocenters. The fraction of sp³-hybridized carbons (Fsp3) is 0.267. The Balaban J connectivity index is 1.65. The van der Waals surface area contributed by atoms with E-state index in [4.69, 9.17) is 9.47 Å². The van der Waals surface area contributed by atoms with Crippen LogP contribution >= 0.6 is 0 Å². The summed E-state index contributed by atoms with van der Waals surface area (Å²) in [7, 11) is 0. The topological polar surface area (TPSA) is 40.5 Å². The molecule has 1 aromatic carbocycles. The van der Waals surface area contributed by atoms with Crippen molar-refractivity contribution < 1.29 is 14.3 Å². The first-order valence-corrected chi connectivity index (χ1v) is 6.37. The number of carbonyl (C=O) groups excluding carboxylic acids is 1. The number of hydrogen-bond acceptors (Lipinski definition) is 3. The lowest BCUT2D eigenvalue weighted by Gasteiger charge is -2.17. The first-order chi connectivity index (χ1) is 9.33. The molecule has 2 heterocycles. The van der Waals surface area contributed by atoms with Crippen LogP contribution in [0.4, 0.5) is 0 Å². The van der Waals surface area contributed by atoms with Gasteiger partial charge in [0.2, 0.25) is 0 Å². The van der Waals surface area contributed by atoms with E-state index in [1.807, 2.05) is 30.3 Å². The molecular weight excluding hydrogens is 242 g/mol. The molecular formula is C15H15NO3. The van der Waals surface area contributed by atoms with E-state index >= 15 is 0 Å². The van der Waals surface area contributed by atoms with E-state index in [0.29, 0.717) is 5.75 Å². The predicted octanol–water partition coefficient (Wildman–Crippen LogP) is 2.53. The van der Waals surface area contributed by atoms with Gasteiger partial charge in [-0.05, 0) is 48.7 Å². The third kappa shape index (κ3) is 2.62. The Morgan fingerprint density at radius 2 is 2.16 bits per heavy atom. The average molecular weight is 257 g/mol. The van der Waals surface area contributed by atoms with Crippen molar-refractivity contribution in [3.63, 3.8) is 0 Å². The standard InChI is InChI=1S/C15H15NO3/c17-15(16-7-1-2-8-16)11-19-13-5-6-14-12(10-13)4-3-9-18-14/h1-2,5-8,10H,3-4,9,11H2. The molecule has 4 heteroatoms. The maximum absolute atomic E-state index is 11.8. The molecule has 0 atom stereocenters. The molecule has 19 heavy (non-hydrogen) atoms. The third-order valence-corrected chi connectivity index (χ3v) is 3.13. The molecule has 1 aliphatic rings. The molecule has 3 rings (SSSR count). The van der Waals surface area contributed by atoms with E-state index < -0.39 is 0 Å². The maximum Gasteiger partial charge on any atom is 0.268 e. The van der Waals surface area contributed by atoms with Crippen molar-refractivity contribution in [2.45, 2.75) is 12.8 Å². The Bertz CT molecular complexity index is 575. The first-order valence-electron chi connectivity index (χ1n) is 6.37. The molecule has 1 aliphatic heterocycles. The van der Waals surface area contributed by atoms with Crippen LogP contribution in [0.1, 0.15) is 16.8 Å². The van der Waals surface area contributed by atoms with Gasteiger partial charge in [-0.25, -0.2) is 0 Å². The molecule has 0 amide bonds. The fourth-order valence-corrected chi connectivity index (χ4v) is 2.15. The highest BCUT2D eigenvalue weighted by Crippen LogP contribution is 2.28. The predicted molar refractivity (Wildman–Crippen MR) is 70.8 cm³/mol. The molecule has 0 radical (unpaired) electrons. The fourth-order valence-electron chi connectivity index (χ4n) is 2.15. The van der Waals surface area contributed by atoms with Gasteiger partial charge in [0.25, 0.3) is 5.91 Å². The van der Waals surface area contributed by atoms with E-state index in [9.17, 15) is 4.79 Å². The van der Waals surface area contributed by atoms with Crippen molar-refractivity contribution in [1.82, 2.24) is 4.57 Å². The van der Waals surface area contributed by atoms with Gasteiger partial charge in [-0.15, -0.1) is 0 Å². The van der Waals surface area contributed by atoms with E-state index in [1.54, 1.807) is 12.4 Å². The van der Waals surface area contributed by atoms with Gasteiger partial charge < -0.3 is 9.47 Å². The van der Waals surface area contributed by atoms with Gasteiger partial charge in [0.15, 0.2) is 6.61 Å². The number of nitrogens with zero attached hydrogens (tertiary/aromatic N) is 1. The minimum Gasteiger partial charge on any atom is -0.493 e. The number of carbonyl (C=O) groups is 1. The Hall–Kier alpha value is -2.23. The largest absolute Gasteiger partial charge is 0.493 e. The summed E-state index contributed by atoms with van der Waals surface area (Å²) in [5, 5.41) is 0. The van der Waals surface area contributed by atoms with Crippen LogP contribution in [0.5, 0.6) is 11.5 Å². The van der Waals surface area contributed by atoms with Crippen molar-refractivity contribution in [1.29, 1.82) is 0 Å². The second-order valence-corrected chi connectivity index (χ2v) is 4.49. The summed E-state index contributed by atoms with van der Waals surface area (Å²) in [6.45, 7) is 0.813. The zero-order chi connectivity index (χ0) is 13.1. The SMILES string of the molecule is O=C(COc1ccc2c(c1)CCCO2)n1cccc1. The van der Waals surface area contributed by atoms with Crippen LogP contribution in [0.3, 0.4) is 0 Å². The van der Waals surface area contributed by atoms with Crippen molar-refractivity contribution in [3.8, 4) is 11.5 Å². The lowest BCUT2D eigenvalue weighted by Crippen LogP contribution is -2.17. The van der Waals surface area contributed by atoms with Gasteiger partial charge >= 0.3 is 0 Å². The van der Waals surface area contributed by atoms with Crippen molar-refractivity contribution >= 4 is 5.91 Å². The number of aromatic nitrogens is 1. The Labute approximate surface area is 111 Å². The molecule has 0 aliphatic carbocycles. The second-order valence-electron chi connectivity index (χ2n) is 4.49. The average Bonchev–Trinajstić information content (AvgIpc) is 2.99. The van der Waals surface area contributed by atoms with Crippen LogP contribution in [0.15, 0.2) is 42.7 Å². The van der Waals surface area contributed by atoms with Crippen molar-refractivity contribution in [2.75, 3.05) is 13.2 Å². The van der Waals surface area contributed by atoms with Crippen LogP contribution in [-0.2, 0) is 6.42 Å². The molecule has 98 valence electrons. The lowest BCUT2D eigenvalue weighted by atomic mass is 10.1. The third-order valence-electron chi connectivity index (χ3n) is 3.13. The Morgan fingerprint density at radius 3 is 3.00 bits per heavy atom. The monoisotopic (exact) mass is 257 g/mol. The number of hydrogen-bond donors (Lipinski definition) is 0. The van der Waals surface area contributed by atoms with E-state index in [2.05, 4.69) is 0 Å². The molecule has 2 aromatic rings. The highest BCUT2D eigenvalue weighted by Gasteiger charge is 2.11. The molecule has 0 spiro atoms. The van der Waals surface area contributed by atoms with Gasteiger partial charge in [0.05, 0.1) is 6.61 Å². The second kappa shape index (κ2) is 5.18. The molecule has 0 saturated heterocycles. The molecule has 0 N–H and O–H groups in total. The van der Waals surface area contributed by atoms with Gasteiger partial charge in [-0.2, -0.15) is 0 Å². The van der Waals surface area contributed by atoms with Gasteiger partial charge in [-0.1, -0.05) is 0 Å². The zero-order valence-corrected chi connectivity index (χ0v) is 10.5. The molecule has 0 bridgehead atoms. The van der Waals surface area contributed by atoms with Gasteiger partial charge in [0.1, 0.15) is 11.5 Å². The number of fused-ring (bicyclic) bond motifs is 1. The zero-order valence-electron chi connectivity index (χ0n) is 10.5. The van der Waals surface area contributed by atoms with Crippen LogP contribution in [-0.4, -0.2) is 23.7 Å². The van der Waals surface area contributed by atoms with E-state index in [1.165, 1.54) is 4.57 Å². The summed E-state index contributed by atoms with van der Waals surface area (Å²) in [6, 6.07) is 9.33. The van der Waals surface area contributed by atoms with E-state index in [0.717, 1.165) is 30.8 Å². The number of aryl methyl sites for hydroxylation is 1. The highest BCUT2D eigenvalue weighted by atomic mass is 16.5. The minimum absolute atomic E-state index is 0.0360. The Kier molecular flexibility index (Phi) is 3.23. The van der Waals surface area contributed by atoms with E-state index in [-0.39, 0.29) is 12.5 Å². The Morgan fingerprint density at radius 1 is 1.32 bits per heavy atom. The summed E-state index contributed by atoms with van der Waals surface area (Å²) < 4.78 is 12.6. The van der Waals surface area contributed by atoms with Crippen LogP contribution in [0.25, 0.3) is 0 Å².